The first-order chi connectivity index (χ1) is 10.5. The molecular formula is C14H16ClNO4S2. The van der Waals surface area contributed by atoms with Crippen molar-refractivity contribution in [3.8, 4) is 5.75 Å². The van der Waals surface area contributed by atoms with Crippen molar-refractivity contribution in [2.75, 3.05) is 29.2 Å². The van der Waals surface area contributed by atoms with Crippen LogP contribution >= 0.6 is 35.1 Å². The molecule has 1 amide bonds. The number of nitrogens with one attached hydrogen (secondary N) is 1. The lowest BCUT2D eigenvalue weighted by atomic mass is 10.2. The van der Waals surface area contributed by atoms with Crippen molar-refractivity contribution in [3.63, 3.8) is 0 Å². The molecule has 1 aromatic carbocycles. The molecule has 1 unspecified atom stereocenters. The number of amides is 1. The molecule has 0 saturated carbocycles. The highest BCUT2D eigenvalue weighted by atomic mass is 35.5. The highest BCUT2D eigenvalue weighted by molar-refractivity contribution is 8.06. The van der Waals surface area contributed by atoms with Crippen LogP contribution in [0.1, 0.15) is 6.42 Å². The average molecular weight is 362 g/mol. The number of carbonyl (C=O) groups is 2. The van der Waals surface area contributed by atoms with Crippen LogP contribution in [0.4, 0.5) is 5.69 Å². The molecule has 5 nitrogen and oxygen atoms in total. The van der Waals surface area contributed by atoms with Gasteiger partial charge in [-0.3, -0.25) is 4.79 Å². The number of hydrogen-bond acceptors (Lipinski definition) is 5. The van der Waals surface area contributed by atoms with Crippen molar-refractivity contribution in [2.24, 2.45) is 0 Å². The van der Waals surface area contributed by atoms with E-state index in [1.807, 2.05) is 23.5 Å². The van der Waals surface area contributed by atoms with Crippen LogP contribution in [0, 0.1) is 0 Å². The van der Waals surface area contributed by atoms with Crippen LogP contribution in [0.2, 0.25) is 5.02 Å². The summed E-state index contributed by atoms with van der Waals surface area (Å²) in [6.07, 6.45) is 0.479. The van der Waals surface area contributed by atoms with Crippen molar-refractivity contribution in [1.82, 2.24) is 0 Å². The van der Waals surface area contributed by atoms with Gasteiger partial charge in [0.05, 0.1) is 5.02 Å². The molecule has 1 aromatic rings. The number of carboxylic acid groups (broad SMARTS) is 1. The molecule has 0 spiro atoms. The summed E-state index contributed by atoms with van der Waals surface area (Å²) in [5, 5.41) is 12.0. The third-order valence-corrected chi connectivity index (χ3v) is 6.01. The van der Waals surface area contributed by atoms with E-state index >= 15 is 0 Å². The minimum atomic E-state index is -1.07. The minimum absolute atomic E-state index is 0.0460. The van der Waals surface area contributed by atoms with Gasteiger partial charge in [-0.05, 0) is 18.2 Å². The summed E-state index contributed by atoms with van der Waals surface area (Å²) in [6, 6.07) is 4.75. The zero-order chi connectivity index (χ0) is 15.9. The maximum Gasteiger partial charge on any atom is 0.341 e. The van der Waals surface area contributed by atoms with Gasteiger partial charge in [-0.15, -0.1) is 0 Å². The average Bonchev–Trinajstić information content (AvgIpc) is 2.47. The molecule has 2 N–H and O–H groups in total. The number of carboxylic acids is 1. The molecule has 0 bridgehead atoms. The Hall–Kier alpha value is -1.05. The van der Waals surface area contributed by atoms with E-state index in [0.29, 0.717) is 17.4 Å². The van der Waals surface area contributed by atoms with Gasteiger partial charge < -0.3 is 15.2 Å². The Morgan fingerprint density at radius 2 is 2.23 bits per heavy atom. The second-order valence-corrected chi connectivity index (χ2v) is 7.61. The predicted molar refractivity (Wildman–Crippen MR) is 91.4 cm³/mol. The fourth-order valence-corrected chi connectivity index (χ4v) is 4.82. The fraction of sp³-hybridized carbons (Fsp3) is 0.429. The zero-order valence-electron chi connectivity index (χ0n) is 11.7. The first-order valence-electron chi connectivity index (χ1n) is 6.68. The molecule has 0 aromatic heterocycles. The Bertz CT molecular complexity index is 550. The first kappa shape index (κ1) is 17.3. The number of hydrogen-bond donors (Lipinski definition) is 2. The fourth-order valence-electron chi connectivity index (χ4n) is 1.91. The van der Waals surface area contributed by atoms with Crippen molar-refractivity contribution in [3.05, 3.63) is 23.2 Å². The van der Waals surface area contributed by atoms with Crippen molar-refractivity contribution >= 4 is 52.7 Å². The largest absolute Gasteiger partial charge is 0.480 e. The molecule has 22 heavy (non-hydrogen) atoms. The summed E-state index contributed by atoms with van der Waals surface area (Å²) >= 11 is 9.72. The normalized spacial score (nSPS) is 17.8. The monoisotopic (exact) mass is 361 g/mol. The van der Waals surface area contributed by atoms with E-state index in [2.05, 4.69) is 5.32 Å². The van der Waals surface area contributed by atoms with Crippen LogP contribution in [0.5, 0.6) is 5.75 Å². The number of ether oxygens (including phenoxy) is 1. The molecule has 2 rings (SSSR count). The first-order valence-corrected chi connectivity index (χ1v) is 9.26. The predicted octanol–water partition coefficient (Wildman–Crippen LogP) is 2.98. The van der Waals surface area contributed by atoms with Gasteiger partial charge in [0.2, 0.25) is 5.91 Å². The van der Waals surface area contributed by atoms with Crippen LogP contribution in [0.25, 0.3) is 0 Å². The van der Waals surface area contributed by atoms with Gasteiger partial charge in [-0.25, -0.2) is 4.79 Å². The minimum Gasteiger partial charge on any atom is -0.480 e. The second kappa shape index (κ2) is 8.55. The molecule has 1 fully saturated rings. The van der Waals surface area contributed by atoms with Crippen LogP contribution in [-0.2, 0) is 9.59 Å². The summed E-state index contributed by atoms with van der Waals surface area (Å²) in [4.78, 5) is 22.5. The Morgan fingerprint density at radius 1 is 1.41 bits per heavy atom. The summed E-state index contributed by atoms with van der Waals surface area (Å²) in [7, 11) is 0. The zero-order valence-corrected chi connectivity index (χ0v) is 14.1. The number of anilines is 1. The molecule has 1 atom stereocenters. The molecular weight excluding hydrogens is 346 g/mol. The summed E-state index contributed by atoms with van der Waals surface area (Å²) in [6.45, 7) is -0.456. The van der Waals surface area contributed by atoms with E-state index in [1.165, 1.54) is 0 Å². The van der Waals surface area contributed by atoms with Gasteiger partial charge in [0, 0.05) is 34.6 Å². The van der Waals surface area contributed by atoms with Crippen LogP contribution in [0.15, 0.2) is 18.2 Å². The molecule has 0 radical (unpaired) electrons. The smallest absolute Gasteiger partial charge is 0.341 e. The van der Waals surface area contributed by atoms with Gasteiger partial charge in [0.15, 0.2) is 6.61 Å². The van der Waals surface area contributed by atoms with Gasteiger partial charge in [-0.1, -0.05) is 11.6 Å². The van der Waals surface area contributed by atoms with E-state index < -0.39 is 12.6 Å². The highest BCUT2D eigenvalue weighted by Gasteiger charge is 2.18. The van der Waals surface area contributed by atoms with Crippen LogP contribution in [-0.4, -0.2) is 46.1 Å². The summed E-state index contributed by atoms with van der Waals surface area (Å²) < 4.78 is 5.03. The summed E-state index contributed by atoms with van der Waals surface area (Å²) in [5.41, 5.74) is 0.575. The standard InChI is InChI=1S/C14H16ClNO4S2/c15-11-5-9(1-2-12(11)20-7-14(18)19)16-13(17)6-10-8-21-3-4-22-10/h1-2,5,10H,3-4,6-8H2,(H,16,17)(H,18,19). The van der Waals surface area contributed by atoms with Gasteiger partial charge in [0.25, 0.3) is 0 Å². The molecule has 8 heteroatoms. The van der Waals surface area contributed by atoms with E-state index in [0.717, 1.165) is 17.3 Å². The van der Waals surface area contributed by atoms with Gasteiger partial charge in [-0.2, -0.15) is 23.5 Å². The Balaban J connectivity index is 1.88. The quantitative estimate of drug-likeness (QED) is 0.811. The van der Waals surface area contributed by atoms with Crippen molar-refractivity contribution < 1.29 is 19.4 Å². The number of thioether (sulfide) groups is 2. The maximum atomic E-state index is 12.0. The second-order valence-electron chi connectivity index (χ2n) is 4.65. The Morgan fingerprint density at radius 3 is 2.86 bits per heavy atom. The molecule has 0 aliphatic carbocycles. The molecule has 1 heterocycles. The highest BCUT2D eigenvalue weighted by Crippen LogP contribution is 2.29. The van der Waals surface area contributed by atoms with Crippen molar-refractivity contribution in [1.29, 1.82) is 0 Å². The lowest BCUT2D eigenvalue weighted by Crippen LogP contribution is -2.22. The number of aliphatic carboxylic acids is 1. The Kier molecular flexibility index (Phi) is 6.72. The van der Waals surface area contributed by atoms with Gasteiger partial charge >= 0.3 is 5.97 Å². The van der Waals surface area contributed by atoms with Crippen LogP contribution < -0.4 is 10.1 Å². The third-order valence-electron chi connectivity index (χ3n) is 2.86. The molecule has 1 aliphatic heterocycles. The molecule has 120 valence electrons. The number of rotatable bonds is 6. The lowest BCUT2D eigenvalue weighted by molar-refractivity contribution is -0.139. The lowest BCUT2D eigenvalue weighted by Gasteiger charge is -2.20. The van der Waals surface area contributed by atoms with E-state index in [1.54, 1.807) is 18.2 Å². The Labute approximate surface area is 142 Å². The van der Waals surface area contributed by atoms with Gasteiger partial charge in [0.1, 0.15) is 5.75 Å². The maximum absolute atomic E-state index is 12.0. The SMILES string of the molecule is O=C(O)COc1ccc(NC(=O)CC2CSCCS2)cc1Cl. The van der Waals surface area contributed by atoms with E-state index in [4.69, 9.17) is 21.4 Å². The third kappa shape index (κ3) is 5.62. The van der Waals surface area contributed by atoms with E-state index in [-0.39, 0.29) is 16.7 Å². The molecule has 1 saturated heterocycles. The van der Waals surface area contributed by atoms with Crippen molar-refractivity contribution in [2.45, 2.75) is 11.7 Å². The number of benzene rings is 1. The topological polar surface area (TPSA) is 75.6 Å². The van der Waals surface area contributed by atoms with E-state index in [9.17, 15) is 9.59 Å². The number of halogens is 1. The van der Waals surface area contributed by atoms with Crippen LogP contribution in [0.3, 0.4) is 0 Å². The number of carbonyl (C=O) groups excluding carboxylic acids is 1. The molecule has 1 aliphatic rings. The summed E-state index contributed by atoms with van der Waals surface area (Å²) in [5.74, 6) is 2.40.